The summed E-state index contributed by atoms with van der Waals surface area (Å²) in [6.07, 6.45) is 0. The van der Waals surface area contributed by atoms with Gasteiger partial charge in [0.05, 0.1) is 10.6 Å². The van der Waals surface area contributed by atoms with Gasteiger partial charge in [-0.3, -0.25) is 0 Å². The van der Waals surface area contributed by atoms with E-state index in [0.29, 0.717) is 0 Å². The van der Waals surface area contributed by atoms with Crippen molar-refractivity contribution in [3.8, 4) is 21.7 Å². The summed E-state index contributed by atoms with van der Waals surface area (Å²) in [5.41, 5.74) is 4.39. The molecule has 0 aliphatic carbocycles. The van der Waals surface area contributed by atoms with E-state index >= 15 is 0 Å². The average Bonchev–Trinajstić information content (AvgIpc) is 3.44. The maximum Gasteiger partial charge on any atom is 0.188 e. The van der Waals surface area contributed by atoms with Crippen molar-refractivity contribution >= 4 is 22.2 Å². The third-order valence-corrected chi connectivity index (χ3v) is 4.76. The maximum atomic E-state index is 4.86. The number of anilines is 2. The Morgan fingerprint density at radius 2 is 0.838 bits per heavy atom. The van der Waals surface area contributed by atoms with E-state index in [1.165, 1.54) is 10.4 Å². The molecule has 1 radical (unpaired) electrons. The Labute approximate surface area is 245 Å². The summed E-state index contributed by atoms with van der Waals surface area (Å²) in [4.78, 5) is 6.04. The van der Waals surface area contributed by atoms with Gasteiger partial charge in [0.15, 0.2) is 5.13 Å². The summed E-state index contributed by atoms with van der Waals surface area (Å²) in [5, 5.41) is 4.31. The molecule has 1 aromatic heterocycles. The average molecular weight is 560 g/mol. The van der Waals surface area contributed by atoms with E-state index in [9.17, 15) is 0 Å². The SMILES string of the molecule is CC.CC.CC.CC.CC.CC.[V].c1ccc(Nc2nc(-c3ccccc3)c(-c3ccccc3)s2)cc1. The molecule has 1 N–H and O–H groups in total. The number of thiazole rings is 1. The van der Waals surface area contributed by atoms with Crippen molar-refractivity contribution in [2.75, 3.05) is 5.32 Å². The molecule has 0 bridgehead atoms. The van der Waals surface area contributed by atoms with Crippen molar-refractivity contribution in [3.63, 3.8) is 0 Å². The Morgan fingerprint density at radius 1 is 0.486 bits per heavy atom. The quantitative estimate of drug-likeness (QED) is 0.269. The van der Waals surface area contributed by atoms with E-state index in [1.54, 1.807) is 11.3 Å². The number of rotatable bonds is 4. The Morgan fingerprint density at radius 3 is 1.24 bits per heavy atom. The topological polar surface area (TPSA) is 24.9 Å². The largest absolute Gasteiger partial charge is 0.332 e. The van der Waals surface area contributed by atoms with Crippen LogP contribution in [-0.4, -0.2) is 4.98 Å². The summed E-state index contributed by atoms with van der Waals surface area (Å²) in [6, 6.07) is 30.9. The van der Waals surface area contributed by atoms with Gasteiger partial charge in [-0.1, -0.05) is 173 Å². The van der Waals surface area contributed by atoms with Gasteiger partial charge in [-0.2, -0.15) is 0 Å². The Kier molecular flexibility index (Phi) is 35.8. The van der Waals surface area contributed by atoms with Gasteiger partial charge in [0, 0.05) is 29.8 Å². The standard InChI is InChI=1S/C21H16N2S.6C2H6.V/c1-4-10-16(11-5-1)19-20(17-12-6-2-7-13-17)24-21(23-19)22-18-14-8-3-9-15-18;6*1-2;/h1-15H,(H,22,23);6*1-2H3;. The molecule has 0 aliphatic rings. The van der Waals surface area contributed by atoms with E-state index < -0.39 is 0 Å². The van der Waals surface area contributed by atoms with Crippen LogP contribution in [0.3, 0.4) is 0 Å². The molecule has 0 fully saturated rings. The number of nitrogens with zero attached hydrogens (tertiary/aromatic N) is 1. The van der Waals surface area contributed by atoms with Gasteiger partial charge in [-0.15, -0.1) is 0 Å². The van der Waals surface area contributed by atoms with Crippen LogP contribution in [0.2, 0.25) is 0 Å². The number of nitrogens with one attached hydrogen (secondary N) is 1. The van der Waals surface area contributed by atoms with Crippen molar-refractivity contribution < 1.29 is 18.6 Å². The summed E-state index contributed by atoms with van der Waals surface area (Å²) in [5.74, 6) is 0. The molecule has 0 amide bonds. The first-order valence-corrected chi connectivity index (χ1v) is 14.7. The number of hydrogen-bond acceptors (Lipinski definition) is 3. The second kappa shape index (κ2) is 31.7. The van der Waals surface area contributed by atoms with E-state index in [-0.39, 0.29) is 18.6 Å². The molecular weight excluding hydrogens is 507 g/mol. The molecule has 205 valence electrons. The molecule has 1 heterocycles. The van der Waals surface area contributed by atoms with Crippen molar-refractivity contribution in [1.29, 1.82) is 0 Å². The maximum absolute atomic E-state index is 4.86. The van der Waals surface area contributed by atoms with Crippen molar-refractivity contribution in [1.82, 2.24) is 4.98 Å². The molecule has 37 heavy (non-hydrogen) atoms. The Balaban J connectivity index is -0.000000371. The summed E-state index contributed by atoms with van der Waals surface area (Å²) in [7, 11) is 0. The fourth-order valence-electron chi connectivity index (χ4n) is 2.60. The molecule has 4 heteroatoms. The fraction of sp³-hybridized carbons (Fsp3) is 0.364. The molecule has 0 unspecified atom stereocenters. The number of para-hydroxylation sites is 1. The minimum atomic E-state index is 0. The summed E-state index contributed by atoms with van der Waals surface area (Å²) < 4.78 is 0. The summed E-state index contributed by atoms with van der Waals surface area (Å²) >= 11 is 1.68. The molecule has 0 aliphatic heterocycles. The van der Waals surface area contributed by atoms with Crippen LogP contribution in [0.25, 0.3) is 21.7 Å². The smallest absolute Gasteiger partial charge is 0.188 e. The van der Waals surface area contributed by atoms with E-state index in [1.807, 2.05) is 138 Å². The van der Waals surface area contributed by atoms with Crippen LogP contribution >= 0.6 is 11.3 Å². The fourth-order valence-corrected chi connectivity index (χ4v) is 3.61. The molecular formula is C33H52N2SV. The van der Waals surface area contributed by atoms with Crippen LogP contribution in [-0.2, 0) is 18.6 Å². The molecule has 0 saturated heterocycles. The number of aromatic nitrogens is 1. The van der Waals surface area contributed by atoms with Gasteiger partial charge in [-0.25, -0.2) is 4.98 Å². The number of hydrogen-bond donors (Lipinski definition) is 1. The summed E-state index contributed by atoms with van der Waals surface area (Å²) in [6.45, 7) is 24.0. The van der Waals surface area contributed by atoms with Crippen LogP contribution in [0.15, 0.2) is 91.0 Å². The second-order valence-corrected chi connectivity index (χ2v) is 6.42. The normalized spacial score (nSPS) is 7.78. The Bertz CT molecular complexity index is 867. The molecule has 4 aromatic rings. The first-order chi connectivity index (χ1) is 17.9. The second-order valence-electron chi connectivity index (χ2n) is 5.42. The van der Waals surface area contributed by atoms with Crippen LogP contribution < -0.4 is 5.32 Å². The van der Waals surface area contributed by atoms with Crippen LogP contribution in [0.4, 0.5) is 10.8 Å². The first-order valence-electron chi connectivity index (χ1n) is 13.8. The molecule has 2 nitrogen and oxygen atoms in total. The van der Waals surface area contributed by atoms with Crippen molar-refractivity contribution in [3.05, 3.63) is 91.0 Å². The van der Waals surface area contributed by atoms with E-state index in [4.69, 9.17) is 4.98 Å². The van der Waals surface area contributed by atoms with Gasteiger partial charge < -0.3 is 5.32 Å². The Hall–Kier alpha value is -2.33. The van der Waals surface area contributed by atoms with Crippen molar-refractivity contribution in [2.24, 2.45) is 0 Å². The molecule has 4 rings (SSSR count). The third-order valence-electron chi connectivity index (χ3n) is 3.74. The molecule has 0 atom stereocenters. The number of benzene rings is 3. The van der Waals surface area contributed by atoms with Gasteiger partial charge in [-0.05, 0) is 17.7 Å². The van der Waals surface area contributed by atoms with Gasteiger partial charge in [0.25, 0.3) is 0 Å². The van der Waals surface area contributed by atoms with Gasteiger partial charge in [0.1, 0.15) is 0 Å². The predicted octanol–water partition coefficient (Wildman–Crippen LogP) is 12.4. The zero-order valence-corrected chi connectivity index (χ0v) is 27.7. The van der Waals surface area contributed by atoms with E-state index in [2.05, 4.69) is 41.7 Å². The monoisotopic (exact) mass is 559 g/mol. The third kappa shape index (κ3) is 16.2. The zero-order valence-electron chi connectivity index (χ0n) is 25.5. The van der Waals surface area contributed by atoms with E-state index in [0.717, 1.165) is 22.1 Å². The van der Waals surface area contributed by atoms with Crippen molar-refractivity contribution in [2.45, 2.75) is 83.1 Å². The predicted molar refractivity (Wildman–Crippen MR) is 171 cm³/mol. The molecule has 0 saturated carbocycles. The van der Waals surface area contributed by atoms with Crippen LogP contribution in [0, 0.1) is 0 Å². The van der Waals surface area contributed by atoms with Gasteiger partial charge >= 0.3 is 0 Å². The van der Waals surface area contributed by atoms with Gasteiger partial charge in [0.2, 0.25) is 0 Å². The van der Waals surface area contributed by atoms with Crippen LogP contribution in [0.5, 0.6) is 0 Å². The first kappa shape index (κ1) is 41.8. The minimum Gasteiger partial charge on any atom is -0.332 e. The van der Waals surface area contributed by atoms with Crippen LogP contribution in [0.1, 0.15) is 83.1 Å². The minimum absolute atomic E-state index is 0. The molecule has 0 spiro atoms. The molecule has 3 aromatic carbocycles. The zero-order chi connectivity index (χ0) is 28.2.